The standard InChI is InChI=1S/CH2.2O.Ti/h1H2;;;. The monoisotopic (exact) mass is 94.0 g/mol. The summed E-state index contributed by atoms with van der Waals surface area (Å²) in [7, 11) is 0. The Morgan fingerprint density at radius 1 is 1.50 bits per heavy atom. The van der Waals surface area contributed by atoms with Gasteiger partial charge in [-0.25, -0.2) is 0 Å². The average Bonchev–Trinajstić information content (AvgIpc) is 0.811. The van der Waals surface area contributed by atoms with Crippen LogP contribution in [-0.4, -0.2) is 4.82 Å². The average molecular weight is 93.9 g/mol. The van der Waals surface area contributed by atoms with Gasteiger partial charge >= 0.3 is 28.8 Å². The second-order valence-corrected chi connectivity index (χ2v) is 1.53. The van der Waals surface area contributed by atoms with Crippen molar-refractivity contribution in [2.75, 3.05) is 0 Å². The predicted molar refractivity (Wildman–Crippen MR) is 8.49 cm³/mol. The van der Waals surface area contributed by atoms with Crippen molar-refractivity contribution in [2.24, 2.45) is 0 Å². The summed E-state index contributed by atoms with van der Waals surface area (Å²) in [5.74, 6) is 0. The molecule has 0 heterocycles. The first-order valence-corrected chi connectivity index (χ1v) is 3.14. The van der Waals surface area contributed by atoms with E-state index in [9.17, 15) is 0 Å². The van der Waals surface area contributed by atoms with E-state index in [0.717, 1.165) is 0 Å². The molecular weight excluding hydrogens is 91.9 g/mol. The molecule has 0 aromatic heterocycles. The molecule has 0 amide bonds. The van der Waals surface area contributed by atoms with Crippen molar-refractivity contribution >= 4 is 4.82 Å². The van der Waals surface area contributed by atoms with Crippen LogP contribution in [0, 0.1) is 0 Å². The summed E-state index contributed by atoms with van der Waals surface area (Å²) in [6.07, 6.45) is 0. The zero-order valence-corrected chi connectivity index (χ0v) is 3.59. The third kappa shape index (κ3) is 90.2. The zero-order chi connectivity index (χ0) is 3.58. The van der Waals surface area contributed by atoms with Crippen LogP contribution in [0.4, 0.5) is 0 Å². The molecule has 22 valence electrons. The van der Waals surface area contributed by atoms with E-state index in [-0.39, 0.29) is 0 Å². The van der Waals surface area contributed by atoms with Gasteiger partial charge in [-0.2, -0.15) is 0 Å². The normalized spacial score (nSPS) is 3.75. The van der Waals surface area contributed by atoms with Crippen LogP contribution in [0.1, 0.15) is 0 Å². The van der Waals surface area contributed by atoms with E-state index < -0.39 is 17.3 Å². The summed E-state index contributed by atoms with van der Waals surface area (Å²) < 4.78 is 18.1. The first-order valence-electron chi connectivity index (χ1n) is 0.762. The summed E-state index contributed by atoms with van der Waals surface area (Å²) in [4.78, 5) is 2.69. The van der Waals surface area contributed by atoms with Crippen molar-refractivity contribution < 1.29 is 24.0 Å². The Morgan fingerprint density at radius 2 is 1.50 bits per heavy atom. The van der Waals surface area contributed by atoms with E-state index in [0.29, 0.717) is 0 Å². The molecule has 0 N–H and O–H groups in total. The first kappa shape index (κ1) is 4.18. The fourth-order valence-electron chi connectivity index (χ4n) is 0. The van der Waals surface area contributed by atoms with Gasteiger partial charge in [0.05, 0.1) is 0 Å². The topological polar surface area (TPSA) is 34.1 Å². The molecule has 0 aliphatic carbocycles. The number of hydrogen-bond acceptors (Lipinski definition) is 2. The van der Waals surface area contributed by atoms with E-state index in [2.05, 4.69) is 4.82 Å². The molecule has 0 spiro atoms. The van der Waals surface area contributed by atoms with Crippen LogP contribution in [0.3, 0.4) is 0 Å². The van der Waals surface area contributed by atoms with E-state index in [1.54, 1.807) is 0 Å². The summed E-state index contributed by atoms with van der Waals surface area (Å²) in [6.45, 7) is 0. The Hall–Kier alpha value is 0.184. The van der Waals surface area contributed by atoms with E-state index in [4.69, 9.17) is 6.65 Å². The van der Waals surface area contributed by atoms with Crippen molar-refractivity contribution in [2.45, 2.75) is 0 Å². The van der Waals surface area contributed by atoms with Crippen LogP contribution in [0.15, 0.2) is 0 Å². The Balaban J connectivity index is 4.65. The predicted octanol–water partition coefficient (Wildman–Crippen LogP) is -0.272. The Bertz CT molecular complexity index is 75.4. The second kappa shape index (κ2) is 1.50. The van der Waals surface area contributed by atoms with Crippen molar-refractivity contribution in [1.82, 2.24) is 0 Å². The molecule has 4 heavy (non-hydrogen) atoms. The fourth-order valence-corrected chi connectivity index (χ4v) is 0. The van der Waals surface area contributed by atoms with Gasteiger partial charge in [0.1, 0.15) is 0 Å². The van der Waals surface area contributed by atoms with Gasteiger partial charge in [-0.1, -0.05) is 0 Å². The number of rotatable bonds is 0. The summed E-state index contributed by atoms with van der Waals surface area (Å²) in [5, 5.41) is 0. The maximum absolute atomic E-state index is 9.03. The Kier molecular flexibility index (Phi) is 1.57. The van der Waals surface area contributed by atoms with Crippen LogP contribution >= 0.6 is 0 Å². The molecule has 2 nitrogen and oxygen atoms in total. The third-order valence-corrected chi connectivity index (χ3v) is 0. The minimum atomic E-state index is -3.08. The molecule has 0 radical (unpaired) electrons. The zero-order valence-electron chi connectivity index (χ0n) is 2.02. The van der Waals surface area contributed by atoms with E-state index in [1.807, 2.05) is 0 Å². The molecule has 0 atom stereocenters. The van der Waals surface area contributed by atoms with Crippen molar-refractivity contribution in [3.63, 3.8) is 0 Å². The molecule has 0 aliphatic rings. The van der Waals surface area contributed by atoms with Crippen molar-refractivity contribution in [3.8, 4) is 0 Å². The van der Waals surface area contributed by atoms with Crippen molar-refractivity contribution in [3.05, 3.63) is 0 Å². The van der Waals surface area contributed by atoms with Gasteiger partial charge in [-0.15, -0.1) is 0 Å². The van der Waals surface area contributed by atoms with E-state index >= 15 is 0 Å². The summed E-state index contributed by atoms with van der Waals surface area (Å²) in [5.41, 5.74) is 0. The second-order valence-electron chi connectivity index (χ2n) is 0.372. The van der Waals surface area contributed by atoms with Crippen molar-refractivity contribution in [1.29, 1.82) is 0 Å². The molecule has 3 heteroatoms. The first-order chi connectivity index (χ1) is 1.73. The Morgan fingerprint density at radius 3 is 1.50 bits per heavy atom. The molecule has 0 saturated heterocycles. The SMILES string of the molecule is [CH2]=[Ti](=[O])=[O]. The van der Waals surface area contributed by atoms with Crippen LogP contribution in [0.5, 0.6) is 0 Å². The Labute approximate surface area is 29.4 Å². The maximum atomic E-state index is 9.03. The molecule has 0 rings (SSSR count). The molecule has 0 fully saturated rings. The van der Waals surface area contributed by atoms with Gasteiger partial charge in [-0.05, 0) is 0 Å². The van der Waals surface area contributed by atoms with Gasteiger partial charge < -0.3 is 0 Å². The van der Waals surface area contributed by atoms with Gasteiger partial charge in [0.2, 0.25) is 0 Å². The summed E-state index contributed by atoms with van der Waals surface area (Å²) >= 11 is -3.08. The molecule has 0 saturated carbocycles. The number of hydrogen-bond donors (Lipinski definition) is 0. The van der Waals surface area contributed by atoms with Crippen LogP contribution in [0.2, 0.25) is 0 Å². The van der Waals surface area contributed by atoms with Crippen LogP contribution in [-0.2, 0) is 24.0 Å². The molecule has 0 aromatic carbocycles. The quantitative estimate of drug-likeness (QED) is 0.387. The fraction of sp³-hybridized carbons (Fsp3) is 0. The molecule has 0 unspecified atom stereocenters. The third-order valence-electron chi connectivity index (χ3n) is 0. The van der Waals surface area contributed by atoms with Crippen LogP contribution < -0.4 is 0 Å². The van der Waals surface area contributed by atoms with Gasteiger partial charge in [-0.3, -0.25) is 0 Å². The molecule has 0 bridgehead atoms. The molecular formula is CH2O2Ti. The van der Waals surface area contributed by atoms with Gasteiger partial charge in [0, 0.05) is 0 Å². The molecule has 0 aliphatic heterocycles. The van der Waals surface area contributed by atoms with Gasteiger partial charge in [0.25, 0.3) is 0 Å². The summed E-state index contributed by atoms with van der Waals surface area (Å²) in [6, 6.07) is 0. The van der Waals surface area contributed by atoms with Gasteiger partial charge in [0.15, 0.2) is 0 Å². The minimum absolute atomic E-state index is 2.69. The van der Waals surface area contributed by atoms with Crippen LogP contribution in [0.25, 0.3) is 0 Å². The molecule has 0 aromatic rings. The van der Waals surface area contributed by atoms with E-state index in [1.165, 1.54) is 0 Å².